The Morgan fingerprint density at radius 1 is 1.19 bits per heavy atom. The van der Waals surface area contributed by atoms with E-state index < -0.39 is 4.92 Å². The van der Waals surface area contributed by atoms with Gasteiger partial charge in [-0.1, -0.05) is 6.07 Å². The van der Waals surface area contributed by atoms with Crippen molar-refractivity contribution in [2.45, 2.75) is 6.54 Å². The summed E-state index contributed by atoms with van der Waals surface area (Å²) in [6.07, 6.45) is 0. The van der Waals surface area contributed by atoms with E-state index in [1.54, 1.807) is 6.07 Å². The van der Waals surface area contributed by atoms with Crippen LogP contribution in [0.5, 0.6) is 17.2 Å². The third-order valence-corrected chi connectivity index (χ3v) is 3.10. The number of nitrogens with one attached hydrogen (secondary N) is 1. The number of anilines is 1. The van der Waals surface area contributed by atoms with Crippen molar-refractivity contribution in [3.63, 3.8) is 0 Å². The van der Waals surface area contributed by atoms with Crippen LogP contribution in [0.15, 0.2) is 36.4 Å². The van der Waals surface area contributed by atoms with Crippen molar-refractivity contribution in [2.24, 2.45) is 0 Å². The fourth-order valence-electron chi connectivity index (χ4n) is 2.07. The number of hydrogen-bond donors (Lipinski definition) is 2. The number of nitro benzene ring substituents is 1. The maximum absolute atomic E-state index is 11.0. The van der Waals surface area contributed by atoms with Crippen LogP contribution in [-0.2, 0) is 6.54 Å². The summed E-state index contributed by atoms with van der Waals surface area (Å²) in [7, 11) is 0. The average molecular weight is 288 g/mol. The zero-order valence-electron chi connectivity index (χ0n) is 10.9. The molecule has 0 saturated heterocycles. The lowest BCUT2D eigenvalue weighted by molar-refractivity contribution is -0.384. The number of nitro groups is 1. The first kappa shape index (κ1) is 13.0. The van der Waals surface area contributed by atoms with E-state index in [1.807, 2.05) is 12.1 Å². The van der Waals surface area contributed by atoms with Gasteiger partial charge in [-0.25, -0.2) is 0 Å². The van der Waals surface area contributed by atoms with Gasteiger partial charge in [-0.2, -0.15) is 0 Å². The molecule has 0 spiro atoms. The fraction of sp³-hybridized carbons (Fsp3) is 0.143. The van der Waals surface area contributed by atoms with E-state index in [9.17, 15) is 15.2 Å². The Kier molecular flexibility index (Phi) is 3.23. The van der Waals surface area contributed by atoms with Crippen molar-refractivity contribution in [1.29, 1.82) is 0 Å². The molecule has 0 amide bonds. The monoisotopic (exact) mass is 288 g/mol. The number of benzene rings is 2. The molecule has 7 nitrogen and oxygen atoms in total. The Balaban J connectivity index is 1.77. The Bertz CT molecular complexity index is 702. The smallest absolute Gasteiger partial charge is 0.296 e. The Hall–Kier alpha value is -2.96. The van der Waals surface area contributed by atoms with E-state index in [4.69, 9.17) is 9.47 Å². The van der Waals surface area contributed by atoms with Gasteiger partial charge in [0.1, 0.15) is 11.4 Å². The molecular weight excluding hydrogens is 276 g/mol. The predicted molar refractivity (Wildman–Crippen MR) is 74.7 cm³/mol. The molecule has 2 N–H and O–H groups in total. The molecule has 2 aromatic carbocycles. The third-order valence-electron chi connectivity index (χ3n) is 3.10. The first-order valence-corrected chi connectivity index (χ1v) is 6.23. The normalized spacial score (nSPS) is 12.2. The summed E-state index contributed by atoms with van der Waals surface area (Å²) in [6, 6.07) is 9.45. The van der Waals surface area contributed by atoms with E-state index in [2.05, 4.69) is 5.32 Å². The molecule has 0 aromatic heterocycles. The molecule has 2 aromatic rings. The van der Waals surface area contributed by atoms with Crippen LogP contribution in [0.1, 0.15) is 5.56 Å². The SMILES string of the molecule is O=[N+]([O-])c1cc(O)ccc1NCc1ccc2c(c1)OCO2. The second-order valence-corrected chi connectivity index (χ2v) is 4.50. The highest BCUT2D eigenvalue weighted by atomic mass is 16.7. The highest BCUT2D eigenvalue weighted by Crippen LogP contribution is 2.33. The fourth-order valence-corrected chi connectivity index (χ4v) is 2.07. The highest BCUT2D eigenvalue weighted by Gasteiger charge is 2.16. The van der Waals surface area contributed by atoms with E-state index in [1.165, 1.54) is 12.1 Å². The number of ether oxygens (including phenoxy) is 2. The molecule has 0 radical (unpaired) electrons. The molecule has 1 heterocycles. The van der Waals surface area contributed by atoms with Gasteiger partial charge in [-0.05, 0) is 29.8 Å². The molecule has 0 atom stereocenters. The van der Waals surface area contributed by atoms with Gasteiger partial charge in [-0.15, -0.1) is 0 Å². The predicted octanol–water partition coefficient (Wildman–Crippen LogP) is 2.64. The summed E-state index contributed by atoms with van der Waals surface area (Å²) in [5.74, 6) is 1.21. The molecule has 21 heavy (non-hydrogen) atoms. The van der Waals surface area contributed by atoms with Crippen molar-refractivity contribution in [2.75, 3.05) is 12.1 Å². The number of aromatic hydroxyl groups is 1. The van der Waals surface area contributed by atoms with Crippen LogP contribution < -0.4 is 14.8 Å². The van der Waals surface area contributed by atoms with Crippen LogP contribution in [0.3, 0.4) is 0 Å². The van der Waals surface area contributed by atoms with Gasteiger partial charge in [0.2, 0.25) is 6.79 Å². The number of phenols is 1. The molecule has 1 aliphatic rings. The summed E-state index contributed by atoms with van der Waals surface area (Å²) in [5, 5.41) is 23.3. The molecule has 3 rings (SSSR count). The number of nitrogens with zero attached hydrogens (tertiary/aromatic N) is 1. The lowest BCUT2D eigenvalue weighted by Crippen LogP contribution is -2.02. The van der Waals surface area contributed by atoms with Gasteiger partial charge in [0, 0.05) is 6.54 Å². The Morgan fingerprint density at radius 2 is 2.00 bits per heavy atom. The van der Waals surface area contributed by atoms with Gasteiger partial charge >= 0.3 is 0 Å². The first-order valence-electron chi connectivity index (χ1n) is 6.23. The second kappa shape index (κ2) is 5.20. The number of hydrogen-bond acceptors (Lipinski definition) is 6. The number of phenolic OH excluding ortho intramolecular Hbond substituents is 1. The quantitative estimate of drug-likeness (QED) is 0.510. The van der Waals surface area contributed by atoms with Crippen LogP contribution in [0.25, 0.3) is 0 Å². The zero-order valence-corrected chi connectivity index (χ0v) is 10.9. The van der Waals surface area contributed by atoms with Crippen molar-refractivity contribution in [3.8, 4) is 17.2 Å². The Morgan fingerprint density at radius 3 is 2.81 bits per heavy atom. The standard InChI is InChI=1S/C14H12N2O5/c17-10-2-3-11(12(6-10)16(18)19)15-7-9-1-4-13-14(5-9)21-8-20-13/h1-6,15,17H,7-8H2. The molecule has 1 aliphatic heterocycles. The molecule has 0 fully saturated rings. The molecule has 0 aliphatic carbocycles. The van der Waals surface area contributed by atoms with Crippen molar-refractivity contribution in [1.82, 2.24) is 0 Å². The van der Waals surface area contributed by atoms with Crippen LogP contribution >= 0.6 is 0 Å². The molecule has 0 saturated carbocycles. The maximum Gasteiger partial charge on any atom is 0.296 e. The summed E-state index contributed by atoms with van der Waals surface area (Å²) >= 11 is 0. The molecule has 108 valence electrons. The summed E-state index contributed by atoms with van der Waals surface area (Å²) in [4.78, 5) is 10.4. The highest BCUT2D eigenvalue weighted by molar-refractivity contribution is 5.63. The van der Waals surface area contributed by atoms with Gasteiger partial charge in [-0.3, -0.25) is 10.1 Å². The van der Waals surface area contributed by atoms with Crippen molar-refractivity contribution >= 4 is 11.4 Å². The number of fused-ring (bicyclic) bond motifs is 1. The lowest BCUT2D eigenvalue weighted by Gasteiger charge is -2.08. The van der Waals surface area contributed by atoms with E-state index in [0.717, 1.165) is 11.6 Å². The minimum Gasteiger partial charge on any atom is -0.508 e. The average Bonchev–Trinajstić information content (AvgIpc) is 2.93. The van der Waals surface area contributed by atoms with Gasteiger partial charge in [0.15, 0.2) is 11.5 Å². The van der Waals surface area contributed by atoms with Gasteiger partial charge in [0.25, 0.3) is 5.69 Å². The van der Waals surface area contributed by atoms with E-state index in [0.29, 0.717) is 23.7 Å². The molecule has 7 heteroatoms. The minimum atomic E-state index is -0.540. The minimum absolute atomic E-state index is 0.143. The lowest BCUT2D eigenvalue weighted by atomic mass is 10.2. The van der Waals surface area contributed by atoms with Crippen LogP contribution in [-0.4, -0.2) is 16.8 Å². The molecular formula is C14H12N2O5. The topological polar surface area (TPSA) is 93.9 Å². The van der Waals surface area contributed by atoms with Crippen molar-refractivity contribution < 1.29 is 19.5 Å². The second-order valence-electron chi connectivity index (χ2n) is 4.50. The summed E-state index contributed by atoms with van der Waals surface area (Å²) in [6.45, 7) is 0.595. The van der Waals surface area contributed by atoms with Crippen LogP contribution in [0.2, 0.25) is 0 Å². The summed E-state index contributed by atoms with van der Waals surface area (Å²) in [5.41, 5.74) is 1.08. The van der Waals surface area contributed by atoms with Gasteiger partial charge < -0.3 is 19.9 Å². The van der Waals surface area contributed by atoms with Crippen LogP contribution in [0, 0.1) is 10.1 Å². The van der Waals surface area contributed by atoms with Crippen molar-refractivity contribution in [3.05, 3.63) is 52.1 Å². The number of rotatable bonds is 4. The van der Waals surface area contributed by atoms with E-state index in [-0.39, 0.29) is 18.2 Å². The largest absolute Gasteiger partial charge is 0.508 e. The maximum atomic E-state index is 11.0. The Labute approximate surface area is 119 Å². The summed E-state index contributed by atoms with van der Waals surface area (Å²) < 4.78 is 10.5. The van der Waals surface area contributed by atoms with Gasteiger partial charge in [0.05, 0.1) is 11.0 Å². The molecule has 0 unspecified atom stereocenters. The first-order chi connectivity index (χ1) is 10.1. The third kappa shape index (κ3) is 2.66. The molecule has 0 bridgehead atoms. The van der Waals surface area contributed by atoms with E-state index >= 15 is 0 Å². The van der Waals surface area contributed by atoms with Crippen LogP contribution in [0.4, 0.5) is 11.4 Å². The zero-order chi connectivity index (χ0) is 14.8.